The molecule has 12 heteroatoms. The molecule has 424 valence electrons. The number of benzene rings is 4. The molecule has 4 aromatic carbocycles. The van der Waals surface area contributed by atoms with E-state index in [4.69, 9.17) is 0 Å². The van der Waals surface area contributed by atoms with E-state index in [1.807, 2.05) is 107 Å². The highest BCUT2D eigenvalue weighted by Gasteiger charge is 2.46. The third-order valence-electron chi connectivity index (χ3n) is 17.1. The minimum absolute atomic E-state index is 0.0935. The average molecular weight is 1070 g/mol. The molecule has 0 aliphatic carbocycles. The summed E-state index contributed by atoms with van der Waals surface area (Å²) in [5.74, 6) is -9.77. The van der Waals surface area contributed by atoms with E-state index in [2.05, 4.69) is 0 Å². The third-order valence-corrected chi connectivity index (χ3v) is 17.1. The molecule has 0 spiro atoms. The molecule has 0 aliphatic heterocycles. The van der Waals surface area contributed by atoms with Gasteiger partial charge in [-0.2, -0.15) is 0 Å². The van der Waals surface area contributed by atoms with Crippen molar-refractivity contribution in [3.05, 3.63) is 113 Å². The Hall–Kier alpha value is -6.04. The predicted octanol–water partition coefficient (Wildman–Crippen LogP) is 13.8. The van der Waals surface area contributed by atoms with E-state index in [1.165, 1.54) is 0 Å². The van der Waals surface area contributed by atoms with E-state index in [0.29, 0.717) is 89.0 Å². The number of hydrogen-bond donors (Lipinski definition) is 8. The highest BCUT2D eigenvalue weighted by Crippen LogP contribution is 2.50. The number of aromatic hydroxyl groups is 4. The van der Waals surface area contributed by atoms with Crippen LogP contribution in [0.25, 0.3) is 0 Å². The molecule has 0 fully saturated rings. The topological polar surface area (TPSA) is 230 Å². The molecule has 0 heterocycles. The van der Waals surface area contributed by atoms with Crippen LogP contribution in [-0.4, -0.2) is 64.7 Å². The summed E-state index contributed by atoms with van der Waals surface area (Å²) in [6, 6.07) is 7.24. The van der Waals surface area contributed by atoms with Crippen molar-refractivity contribution in [3.8, 4) is 23.0 Å². The summed E-state index contributed by atoms with van der Waals surface area (Å²) in [5.41, 5.74) is 6.04. The lowest BCUT2D eigenvalue weighted by Gasteiger charge is -2.42. The first-order valence-corrected chi connectivity index (χ1v) is 27.2. The van der Waals surface area contributed by atoms with Gasteiger partial charge >= 0.3 is 23.9 Å². The number of carboxylic acid groups (broad SMARTS) is 4. The monoisotopic (exact) mass is 1060 g/mol. The molecule has 0 saturated heterocycles. The molecule has 4 atom stereocenters. The van der Waals surface area contributed by atoms with Crippen LogP contribution in [0.2, 0.25) is 0 Å². The van der Waals surface area contributed by atoms with Gasteiger partial charge in [-0.3, -0.25) is 19.2 Å². The second-order valence-electron chi connectivity index (χ2n) is 27.0. The molecular weight excluding hydrogens is 973 g/mol. The van der Waals surface area contributed by atoms with Crippen molar-refractivity contribution in [2.75, 3.05) is 0 Å². The smallest absolute Gasteiger partial charge is 0.306 e. The Bertz CT molecular complexity index is 2510. The van der Waals surface area contributed by atoms with Gasteiger partial charge in [-0.15, -0.1) is 0 Å². The maximum Gasteiger partial charge on any atom is 0.306 e. The van der Waals surface area contributed by atoms with Crippen molar-refractivity contribution in [1.29, 1.82) is 0 Å². The molecule has 0 saturated carbocycles. The lowest BCUT2D eigenvalue weighted by atomic mass is 9.61. The summed E-state index contributed by atoms with van der Waals surface area (Å²) >= 11 is 0. The molecule has 0 aliphatic rings. The van der Waals surface area contributed by atoms with Gasteiger partial charge in [0.15, 0.2) is 0 Å². The van der Waals surface area contributed by atoms with Crippen LogP contribution in [0.5, 0.6) is 23.0 Å². The Morgan fingerprint density at radius 1 is 0.325 bits per heavy atom. The number of carboxylic acids is 4. The quantitative estimate of drug-likeness (QED) is 0.0413. The Balaban J connectivity index is 2.19. The zero-order valence-electron chi connectivity index (χ0n) is 50.0. The van der Waals surface area contributed by atoms with Crippen molar-refractivity contribution < 1.29 is 60.0 Å². The van der Waals surface area contributed by atoms with Gasteiger partial charge < -0.3 is 40.9 Å². The highest BCUT2D eigenvalue weighted by molar-refractivity contribution is 5.74. The van der Waals surface area contributed by atoms with Crippen molar-refractivity contribution in [1.82, 2.24) is 0 Å². The molecule has 0 radical (unpaired) electrons. The number of phenolic OH excluding ortho intramolecular Hbond substituents is 4. The molecule has 8 N–H and O–H groups in total. The van der Waals surface area contributed by atoms with Crippen LogP contribution in [0, 0.1) is 84.5 Å². The summed E-state index contributed by atoms with van der Waals surface area (Å²) in [7, 11) is 0. The summed E-state index contributed by atoms with van der Waals surface area (Å²) in [6.07, 6.45) is -1.63. The Morgan fingerprint density at radius 2 is 0.481 bits per heavy atom. The second-order valence-corrected chi connectivity index (χ2v) is 27.0. The normalized spacial score (nSPS) is 14.9. The van der Waals surface area contributed by atoms with E-state index in [9.17, 15) is 60.0 Å². The lowest BCUT2D eigenvalue weighted by Crippen LogP contribution is -2.40. The summed E-state index contributed by atoms with van der Waals surface area (Å²) < 4.78 is 0. The zero-order chi connectivity index (χ0) is 59.2. The van der Waals surface area contributed by atoms with Gasteiger partial charge in [0.1, 0.15) is 23.0 Å². The number of aliphatic carboxylic acids is 4. The van der Waals surface area contributed by atoms with Crippen LogP contribution >= 0.6 is 0 Å². The van der Waals surface area contributed by atoms with Gasteiger partial charge in [-0.1, -0.05) is 107 Å². The number of carbonyl (C=O) groups is 4. The largest absolute Gasteiger partial charge is 0.507 e. The van der Waals surface area contributed by atoms with Crippen LogP contribution in [0.3, 0.4) is 0 Å². The maximum absolute atomic E-state index is 14.1. The minimum atomic E-state index is -1.63. The number of hydrogen-bond acceptors (Lipinski definition) is 8. The third kappa shape index (κ3) is 14.4. The second kappa shape index (κ2) is 23.1. The maximum atomic E-state index is 14.1. The predicted molar refractivity (Wildman–Crippen MR) is 305 cm³/mol. The Morgan fingerprint density at radius 3 is 0.610 bits per heavy atom. The standard InChI is InChI=1S/C65H92O12/c1-33-37(5)53(66)49(61(9,10)11)25-41(33)21-45(57(70)71)29-65(30-46(58(72)73)22-42-26-50(62(12,13)14)54(67)38(6)34(42)2,31-47(59(74)75)23-43-27-51(63(15,16)17)55(68)39(7)35(43)3)32-48(60(76)77)24-44-28-52(64(18,19)20)56(69)40(8)36(44)4/h25-28,45-48,66-69H,21-24,29-32H2,1-20H3,(H,70,71)(H,72,73)(H,74,75)(H,76,77). The first-order chi connectivity index (χ1) is 34.9. The molecule has 0 aromatic heterocycles. The summed E-state index contributed by atoms with van der Waals surface area (Å²) in [5, 5.41) is 91.6. The van der Waals surface area contributed by atoms with E-state index < -0.39 is 74.6 Å². The molecule has 4 unspecified atom stereocenters. The van der Waals surface area contributed by atoms with Crippen molar-refractivity contribution in [2.24, 2.45) is 29.1 Å². The Labute approximate surface area is 459 Å². The molecule has 4 aromatic rings. The molecule has 0 amide bonds. The van der Waals surface area contributed by atoms with Gasteiger partial charge in [-0.05, 0) is 223 Å². The first kappa shape index (κ1) is 63.5. The van der Waals surface area contributed by atoms with E-state index in [0.717, 1.165) is 0 Å². The van der Waals surface area contributed by atoms with Crippen LogP contribution < -0.4 is 0 Å². The lowest BCUT2D eigenvalue weighted by molar-refractivity contribution is -0.147. The van der Waals surface area contributed by atoms with Gasteiger partial charge in [-0.25, -0.2) is 0 Å². The first-order valence-electron chi connectivity index (χ1n) is 27.2. The van der Waals surface area contributed by atoms with Crippen molar-refractivity contribution in [2.45, 2.75) is 212 Å². The van der Waals surface area contributed by atoms with Gasteiger partial charge in [0.05, 0.1) is 23.7 Å². The summed E-state index contributed by atoms with van der Waals surface area (Å²) in [4.78, 5) is 56.5. The van der Waals surface area contributed by atoms with Gasteiger partial charge in [0.2, 0.25) is 0 Å². The SMILES string of the molecule is Cc1c(CC(CC(CC(Cc2cc(C(C)(C)C)c(O)c(C)c2C)C(=O)O)(CC(Cc2cc(C(C)(C)C)c(O)c(C)c2C)C(=O)O)CC(Cc2cc(C(C)(C)C)c(O)c(C)c2C)C(=O)O)C(=O)O)cc(C(C)(C)C)c(O)c1C. The fraction of sp³-hybridized carbons (Fsp3) is 0.569. The number of phenols is 4. The molecule has 0 bridgehead atoms. The van der Waals surface area contributed by atoms with Gasteiger partial charge in [0.25, 0.3) is 0 Å². The minimum Gasteiger partial charge on any atom is -0.507 e. The van der Waals surface area contributed by atoms with E-state index >= 15 is 0 Å². The van der Waals surface area contributed by atoms with E-state index in [1.54, 1.807) is 55.4 Å². The number of rotatable bonds is 20. The average Bonchev–Trinajstić information content (AvgIpc) is 3.28. The molecular formula is C65H92O12. The zero-order valence-corrected chi connectivity index (χ0v) is 50.0. The van der Waals surface area contributed by atoms with Crippen molar-refractivity contribution >= 4 is 23.9 Å². The fourth-order valence-electron chi connectivity index (χ4n) is 11.7. The van der Waals surface area contributed by atoms with Crippen LogP contribution in [0.15, 0.2) is 24.3 Å². The fourth-order valence-corrected chi connectivity index (χ4v) is 11.7. The molecule has 4 rings (SSSR count). The highest BCUT2D eigenvalue weighted by atomic mass is 16.4. The van der Waals surface area contributed by atoms with Crippen LogP contribution in [-0.2, 0) is 66.5 Å². The van der Waals surface area contributed by atoms with Crippen LogP contribution in [0.1, 0.15) is 198 Å². The van der Waals surface area contributed by atoms with Crippen LogP contribution in [0.4, 0.5) is 0 Å². The Kier molecular flexibility index (Phi) is 19.1. The van der Waals surface area contributed by atoms with Gasteiger partial charge in [0, 0.05) is 0 Å². The molecule has 12 nitrogen and oxygen atoms in total. The summed E-state index contributed by atoms with van der Waals surface area (Å²) in [6.45, 7) is 37.6. The van der Waals surface area contributed by atoms with E-state index in [-0.39, 0.29) is 74.4 Å². The van der Waals surface area contributed by atoms with Crippen molar-refractivity contribution in [3.63, 3.8) is 0 Å². The molecule has 77 heavy (non-hydrogen) atoms.